The van der Waals surface area contributed by atoms with Crippen molar-refractivity contribution in [2.75, 3.05) is 7.11 Å². The molecular weight excluding hydrogens is 704 g/mol. The first-order chi connectivity index (χ1) is 25.4. The fourth-order valence-electron chi connectivity index (χ4n) is 12.5. The lowest BCUT2D eigenvalue weighted by Gasteiger charge is -2.76. The van der Waals surface area contributed by atoms with Crippen molar-refractivity contribution >= 4 is 23.9 Å². The maximum absolute atomic E-state index is 14.0. The van der Waals surface area contributed by atoms with Crippen LogP contribution in [0.3, 0.4) is 0 Å². The second kappa shape index (κ2) is 10.6. The number of esters is 4. The molecule has 0 amide bonds. The number of benzene rings is 1. The third kappa shape index (κ3) is 3.61. The fraction of sp³-hybridized carbons (Fsp3) is 0.600. The maximum atomic E-state index is 14.0. The molecule has 4 saturated carbocycles. The molecule has 54 heavy (non-hydrogen) atoms. The number of carbonyl (C=O) groups excluding carboxylic acids is 4. The smallest absolute Gasteiger partial charge is 0.338 e. The first-order valence-corrected chi connectivity index (χ1v) is 18.3. The van der Waals surface area contributed by atoms with Crippen molar-refractivity contribution in [2.24, 2.45) is 28.1 Å². The Morgan fingerprint density at radius 3 is 2.37 bits per heavy atom. The summed E-state index contributed by atoms with van der Waals surface area (Å²) in [6, 6.07) is 9.90. The second-order valence-corrected chi connectivity index (χ2v) is 17.1. The van der Waals surface area contributed by atoms with E-state index in [1.54, 1.807) is 71.0 Å². The van der Waals surface area contributed by atoms with Gasteiger partial charge in [0, 0.05) is 48.2 Å². The third-order valence-corrected chi connectivity index (χ3v) is 14.6. The second-order valence-electron chi connectivity index (χ2n) is 17.1. The number of furan rings is 1. The largest absolute Gasteiger partial charge is 0.472 e. The van der Waals surface area contributed by atoms with E-state index in [0.29, 0.717) is 5.56 Å². The van der Waals surface area contributed by atoms with E-state index in [2.05, 4.69) is 0 Å². The minimum absolute atomic E-state index is 0.141. The van der Waals surface area contributed by atoms with Crippen LogP contribution in [0, 0.1) is 28.1 Å². The molecule has 2 saturated heterocycles. The minimum Gasteiger partial charge on any atom is -0.472 e. The number of hydrogen-bond acceptors (Lipinski definition) is 14. The van der Waals surface area contributed by atoms with Crippen molar-refractivity contribution in [1.82, 2.24) is 0 Å². The zero-order chi connectivity index (χ0) is 38.6. The SMILES string of the molecule is COC(=O)CC1C2(C)CC3(O)C(O)(C2OC(=O)c2ccccc2)C2OC4(C(C)C)OC25C2=CC(=O)OC(c6ccoc6)C2(C)C(OC(C)=O)CC5(O4)C13C. The number of rotatable bonds is 7. The molecule has 4 aliphatic carbocycles. The summed E-state index contributed by atoms with van der Waals surface area (Å²) in [6.45, 7) is 10.2. The van der Waals surface area contributed by atoms with Gasteiger partial charge in [0.05, 0.1) is 30.6 Å². The van der Waals surface area contributed by atoms with Gasteiger partial charge in [0.25, 0.3) is 5.97 Å². The summed E-state index contributed by atoms with van der Waals surface area (Å²) in [5.74, 6) is -6.11. The lowest BCUT2D eigenvalue weighted by atomic mass is 9.34. The standard InChI is InChI=1S/C40H44O14/c1-20(2)40-52-32-38(46)31(51-30(44)22-11-9-8-10-12-22)33(4)19-36(38,45)35(6,24(33)15-27(42)47-7)37(53-40)17-26(49-21(3)41)34(5)25(39(32,37)54-40)16-28(43)50-29(34)23-13-14-48-18-23/h8-14,16,18,20,24,26,29,31-32,45-46H,15,17,19H2,1-7H3. The number of fused-ring (bicyclic) bond motifs is 4. The average molecular weight is 749 g/mol. The summed E-state index contributed by atoms with van der Waals surface area (Å²) >= 11 is 0. The quantitative estimate of drug-likeness (QED) is 0.308. The molecule has 2 N–H and O–H groups in total. The van der Waals surface area contributed by atoms with E-state index in [9.17, 15) is 29.4 Å². The lowest BCUT2D eigenvalue weighted by Crippen LogP contribution is -2.93. The molecule has 1 spiro atoms. The van der Waals surface area contributed by atoms with Gasteiger partial charge in [-0.1, -0.05) is 45.9 Å². The Morgan fingerprint density at radius 1 is 1.02 bits per heavy atom. The number of cyclic esters (lactones) is 1. The topological polar surface area (TPSA) is 186 Å². The number of carbonyl (C=O) groups is 4. The predicted molar refractivity (Wildman–Crippen MR) is 180 cm³/mol. The molecule has 14 nitrogen and oxygen atoms in total. The van der Waals surface area contributed by atoms with Crippen LogP contribution < -0.4 is 0 Å². The number of hydrogen-bond donors (Lipinski definition) is 2. The fourth-order valence-corrected chi connectivity index (χ4v) is 12.5. The van der Waals surface area contributed by atoms with E-state index < -0.39 is 105 Å². The summed E-state index contributed by atoms with van der Waals surface area (Å²) in [7, 11) is 1.25. The highest BCUT2D eigenvalue weighted by molar-refractivity contribution is 5.90. The first kappa shape index (κ1) is 35.6. The zero-order valence-corrected chi connectivity index (χ0v) is 31.1. The Hall–Kier alpha value is -4.08. The highest BCUT2D eigenvalue weighted by Crippen LogP contribution is 2.88. The first-order valence-electron chi connectivity index (χ1n) is 18.3. The number of aliphatic hydroxyl groups is 2. The van der Waals surface area contributed by atoms with Crippen LogP contribution >= 0.6 is 0 Å². The van der Waals surface area contributed by atoms with Crippen LogP contribution in [0.5, 0.6) is 0 Å². The normalized spacial score (nSPS) is 47.4. The van der Waals surface area contributed by atoms with E-state index in [4.69, 9.17) is 37.6 Å². The minimum atomic E-state index is -2.43. The van der Waals surface area contributed by atoms with Crippen molar-refractivity contribution in [3.63, 3.8) is 0 Å². The lowest BCUT2D eigenvalue weighted by molar-refractivity contribution is -0.456. The molecule has 3 aliphatic heterocycles. The highest BCUT2D eigenvalue weighted by Gasteiger charge is 3.03. The van der Waals surface area contributed by atoms with Crippen molar-refractivity contribution in [2.45, 2.75) is 114 Å². The van der Waals surface area contributed by atoms with Gasteiger partial charge in [0.15, 0.2) is 11.2 Å². The molecular formula is C40H44O14. The van der Waals surface area contributed by atoms with Gasteiger partial charge in [-0.25, -0.2) is 9.59 Å². The van der Waals surface area contributed by atoms with Crippen LogP contribution in [0.25, 0.3) is 0 Å². The van der Waals surface area contributed by atoms with Gasteiger partial charge in [0.1, 0.15) is 35.6 Å². The summed E-state index contributed by atoms with van der Waals surface area (Å²) in [4.78, 5) is 54.5. The van der Waals surface area contributed by atoms with Crippen LogP contribution in [0.4, 0.5) is 0 Å². The molecule has 13 unspecified atom stereocenters. The Morgan fingerprint density at radius 2 is 1.74 bits per heavy atom. The van der Waals surface area contributed by atoms with Crippen molar-refractivity contribution in [3.05, 3.63) is 71.7 Å². The molecule has 13 atom stereocenters. The van der Waals surface area contributed by atoms with Gasteiger partial charge in [-0.3, -0.25) is 9.59 Å². The van der Waals surface area contributed by atoms with Gasteiger partial charge in [-0.15, -0.1) is 0 Å². The van der Waals surface area contributed by atoms with E-state index in [-0.39, 0.29) is 30.4 Å². The average Bonchev–Trinajstić information content (AvgIpc) is 3.91. The van der Waals surface area contributed by atoms with E-state index in [1.807, 2.05) is 0 Å². The molecule has 9 rings (SSSR count). The van der Waals surface area contributed by atoms with E-state index >= 15 is 0 Å². The molecule has 4 bridgehead atoms. The molecule has 0 radical (unpaired) electrons. The highest BCUT2D eigenvalue weighted by atomic mass is 17.0. The van der Waals surface area contributed by atoms with Crippen molar-refractivity contribution < 1.29 is 67.0 Å². The molecule has 1 aromatic carbocycles. The summed E-state index contributed by atoms with van der Waals surface area (Å²) in [5, 5.41) is 27.3. The Kier molecular flexibility index (Phi) is 6.99. The third-order valence-electron chi connectivity index (χ3n) is 14.6. The monoisotopic (exact) mass is 748 g/mol. The zero-order valence-electron chi connectivity index (χ0n) is 31.1. The van der Waals surface area contributed by atoms with Crippen LogP contribution in [-0.4, -0.2) is 87.9 Å². The summed E-state index contributed by atoms with van der Waals surface area (Å²) < 4.78 is 50.5. The van der Waals surface area contributed by atoms with Gasteiger partial charge in [-0.05, 0) is 43.0 Å². The number of methoxy groups -OCH3 is 1. The maximum Gasteiger partial charge on any atom is 0.338 e. The molecule has 2 aromatic rings. The number of ether oxygens (including phenoxy) is 7. The Labute approximate surface area is 311 Å². The molecule has 7 aliphatic rings. The Bertz CT molecular complexity index is 2010. The van der Waals surface area contributed by atoms with E-state index in [0.717, 1.165) is 0 Å². The van der Waals surface area contributed by atoms with Crippen LogP contribution in [0.15, 0.2) is 65.0 Å². The van der Waals surface area contributed by atoms with Gasteiger partial charge in [0.2, 0.25) is 0 Å². The molecule has 1 aromatic heterocycles. The van der Waals surface area contributed by atoms with Gasteiger partial charge < -0.3 is 47.8 Å². The molecule has 4 heterocycles. The summed E-state index contributed by atoms with van der Waals surface area (Å²) in [6.07, 6.45) is -1.62. The van der Waals surface area contributed by atoms with Crippen molar-refractivity contribution in [3.8, 4) is 0 Å². The predicted octanol–water partition coefficient (Wildman–Crippen LogP) is 3.69. The van der Waals surface area contributed by atoms with Gasteiger partial charge >= 0.3 is 23.9 Å². The van der Waals surface area contributed by atoms with Crippen LogP contribution in [-0.2, 0) is 47.5 Å². The van der Waals surface area contributed by atoms with Crippen molar-refractivity contribution in [1.29, 1.82) is 0 Å². The van der Waals surface area contributed by atoms with E-state index in [1.165, 1.54) is 32.6 Å². The van der Waals surface area contributed by atoms with Crippen LogP contribution in [0.2, 0.25) is 0 Å². The summed E-state index contributed by atoms with van der Waals surface area (Å²) in [5.41, 5.74) is -11.7. The van der Waals surface area contributed by atoms with Gasteiger partial charge in [-0.2, -0.15) is 0 Å². The molecule has 14 heteroatoms. The molecule has 288 valence electrons. The van der Waals surface area contributed by atoms with Crippen LogP contribution in [0.1, 0.15) is 82.8 Å². The Balaban J connectivity index is 1.36. The molecule has 6 fully saturated rings.